The minimum Gasteiger partial charge on any atom is -0.379 e. The predicted octanol–water partition coefficient (Wildman–Crippen LogP) is 2.94. The Morgan fingerprint density at radius 1 is 1.17 bits per heavy atom. The first-order chi connectivity index (χ1) is 11.7. The van der Waals surface area contributed by atoms with Gasteiger partial charge in [-0.15, -0.1) is 0 Å². The maximum Gasteiger partial charge on any atom is 0.141 e. The van der Waals surface area contributed by atoms with Crippen LogP contribution in [0.3, 0.4) is 0 Å². The third kappa shape index (κ3) is 4.38. The lowest BCUT2D eigenvalue weighted by Gasteiger charge is -2.35. The maximum absolute atomic E-state index is 13.4. The molecule has 0 bridgehead atoms. The molecule has 3 rings (SSSR count). The fourth-order valence-corrected chi connectivity index (χ4v) is 3.09. The summed E-state index contributed by atoms with van der Waals surface area (Å²) in [5, 5.41) is 3.53. The fraction of sp³-hybridized carbons (Fsp3) is 0.421. The quantitative estimate of drug-likeness (QED) is 0.884. The summed E-state index contributed by atoms with van der Waals surface area (Å²) in [4.78, 5) is 6.39. The third-order valence-electron chi connectivity index (χ3n) is 4.51. The van der Waals surface area contributed by atoms with Crippen molar-refractivity contribution in [1.82, 2.24) is 15.2 Å². The molecule has 0 radical (unpaired) electrons. The number of aromatic nitrogens is 1. The number of hydrogen-bond acceptors (Lipinski definition) is 4. The lowest BCUT2D eigenvalue weighted by Crippen LogP contribution is -2.43. The summed E-state index contributed by atoms with van der Waals surface area (Å²) < 4.78 is 18.9. The molecule has 1 fully saturated rings. The molecule has 1 saturated heterocycles. The number of benzene rings is 1. The maximum atomic E-state index is 13.4. The first kappa shape index (κ1) is 17.0. The number of ether oxygens (including phenoxy) is 1. The van der Waals surface area contributed by atoms with Gasteiger partial charge in [0, 0.05) is 37.9 Å². The molecule has 0 saturated carbocycles. The van der Waals surface area contributed by atoms with E-state index in [0.29, 0.717) is 0 Å². The van der Waals surface area contributed by atoms with Crippen molar-refractivity contribution in [1.29, 1.82) is 0 Å². The highest BCUT2D eigenvalue weighted by Crippen LogP contribution is 2.22. The van der Waals surface area contributed by atoms with Crippen LogP contribution >= 0.6 is 0 Å². The number of nitrogens with zero attached hydrogens (tertiary/aromatic N) is 2. The second-order valence-electron chi connectivity index (χ2n) is 6.14. The third-order valence-corrected chi connectivity index (χ3v) is 4.51. The minimum absolute atomic E-state index is 0.0421. The second kappa shape index (κ2) is 8.33. The number of nitrogens with one attached hydrogen (secondary N) is 1. The van der Waals surface area contributed by atoms with Gasteiger partial charge in [-0.05, 0) is 24.1 Å². The summed E-state index contributed by atoms with van der Waals surface area (Å²) in [6.07, 6.45) is 2.95. The number of morpholine rings is 1. The van der Waals surface area contributed by atoms with Gasteiger partial charge in [0.25, 0.3) is 0 Å². The molecule has 2 aromatic rings. The molecule has 24 heavy (non-hydrogen) atoms. The van der Waals surface area contributed by atoms with Crippen molar-refractivity contribution in [3.05, 3.63) is 65.7 Å². The van der Waals surface area contributed by atoms with Gasteiger partial charge >= 0.3 is 0 Å². The molecule has 4 nitrogen and oxygen atoms in total. The van der Waals surface area contributed by atoms with E-state index in [-0.39, 0.29) is 17.9 Å². The van der Waals surface area contributed by atoms with Crippen LogP contribution in [0.25, 0.3) is 0 Å². The number of hydrogen-bond donors (Lipinski definition) is 1. The molecule has 1 aliphatic heterocycles. The summed E-state index contributed by atoms with van der Waals surface area (Å²) in [7, 11) is 0. The van der Waals surface area contributed by atoms with Crippen molar-refractivity contribution < 1.29 is 9.13 Å². The van der Waals surface area contributed by atoms with Crippen molar-refractivity contribution >= 4 is 0 Å². The first-order valence-corrected chi connectivity index (χ1v) is 8.44. The van der Waals surface area contributed by atoms with Crippen LogP contribution in [0.1, 0.15) is 30.1 Å². The monoisotopic (exact) mass is 329 g/mol. The SMILES string of the molecule is C[C@@H](NC[C@H](c1ccccc1)N1CCOCC1)c1cncc(F)c1. The summed E-state index contributed by atoms with van der Waals surface area (Å²) in [5.74, 6) is -0.297. The van der Waals surface area contributed by atoms with Gasteiger partial charge in [0.15, 0.2) is 0 Å². The largest absolute Gasteiger partial charge is 0.379 e. The zero-order chi connectivity index (χ0) is 16.8. The highest BCUT2D eigenvalue weighted by molar-refractivity contribution is 5.20. The van der Waals surface area contributed by atoms with Crippen LogP contribution in [0.5, 0.6) is 0 Å². The van der Waals surface area contributed by atoms with Crippen molar-refractivity contribution in [2.45, 2.75) is 19.0 Å². The minimum atomic E-state index is -0.297. The molecule has 0 aliphatic carbocycles. The topological polar surface area (TPSA) is 37.4 Å². The van der Waals surface area contributed by atoms with E-state index in [1.54, 1.807) is 6.20 Å². The molecular formula is C19H24FN3O. The molecule has 2 heterocycles. The highest BCUT2D eigenvalue weighted by Gasteiger charge is 2.23. The Morgan fingerprint density at radius 3 is 2.62 bits per heavy atom. The van der Waals surface area contributed by atoms with E-state index < -0.39 is 0 Å². The molecule has 0 amide bonds. The standard InChI is InChI=1S/C19H24FN3O/c1-15(17-11-18(20)13-21-12-17)22-14-19(16-5-3-2-4-6-16)23-7-9-24-10-8-23/h2-6,11-13,15,19,22H,7-10,14H2,1H3/t15-,19-/m1/s1. The van der Waals surface area contributed by atoms with Crippen LogP contribution in [-0.4, -0.2) is 42.7 Å². The van der Waals surface area contributed by atoms with Crippen LogP contribution in [-0.2, 0) is 4.74 Å². The Hall–Kier alpha value is -1.82. The molecule has 1 N–H and O–H groups in total. The Balaban J connectivity index is 1.69. The van der Waals surface area contributed by atoms with E-state index in [1.165, 1.54) is 17.8 Å². The van der Waals surface area contributed by atoms with E-state index in [2.05, 4.69) is 39.5 Å². The van der Waals surface area contributed by atoms with Crippen LogP contribution in [0.4, 0.5) is 4.39 Å². The highest BCUT2D eigenvalue weighted by atomic mass is 19.1. The molecule has 1 aromatic heterocycles. The zero-order valence-electron chi connectivity index (χ0n) is 14.0. The van der Waals surface area contributed by atoms with Gasteiger partial charge in [-0.2, -0.15) is 0 Å². The molecule has 1 aliphatic rings. The Bertz CT molecular complexity index is 632. The normalized spacial score (nSPS) is 18.2. The number of rotatable bonds is 6. The van der Waals surface area contributed by atoms with Gasteiger partial charge in [0.2, 0.25) is 0 Å². The van der Waals surface area contributed by atoms with Crippen LogP contribution in [0.2, 0.25) is 0 Å². The molecule has 128 valence electrons. The van der Waals surface area contributed by atoms with Crippen molar-refractivity contribution in [2.75, 3.05) is 32.8 Å². The van der Waals surface area contributed by atoms with Gasteiger partial charge in [0.1, 0.15) is 5.82 Å². The summed E-state index contributed by atoms with van der Waals surface area (Å²) >= 11 is 0. The van der Waals surface area contributed by atoms with Gasteiger partial charge in [0.05, 0.1) is 19.4 Å². The summed E-state index contributed by atoms with van der Waals surface area (Å²) in [6, 6.07) is 12.4. The molecule has 0 unspecified atom stereocenters. The van der Waals surface area contributed by atoms with Crippen LogP contribution < -0.4 is 5.32 Å². The lowest BCUT2D eigenvalue weighted by atomic mass is 10.0. The van der Waals surface area contributed by atoms with E-state index in [4.69, 9.17) is 4.74 Å². The summed E-state index contributed by atoms with van der Waals surface area (Å²) in [6.45, 7) is 6.23. The first-order valence-electron chi connectivity index (χ1n) is 8.44. The average Bonchev–Trinajstić information content (AvgIpc) is 2.63. The molecular weight excluding hydrogens is 305 g/mol. The van der Waals surface area contributed by atoms with E-state index in [1.807, 2.05) is 13.0 Å². The van der Waals surface area contributed by atoms with Crippen LogP contribution in [0, 0.1) is 5.82 Å². The van der Waals surface area contributed by atoms with Crippen molar-refractivity contribution in [3.8, 4) is 0 Å². The van der Waals surface area contributed by atoms with Crippen molar-refractivity contribution in [3.63, 3.8) is 0 Å². The Labute approximate surface area is 142 Å². The lowest BCUT2D eigenvalue weighted by molar-refractivity contribution is 0.0157. The molecule has 1 aromatic carbocycles. The Kier molecular flexibility index (Phi) is 5.91. The predicted molar refractivity (Wildman–Crippen MR) is 92.2 cm³/mol. The van der Waals surface area contributed by atoms with Crippen molar-refractivity contribution in [2.24, 2.45) is 0 Å². The molecule has 2 atom stereocenters. The van der Waals surface area contributed by atoms with E-state index in [0.717, 1.165) is 38.4 Å². The number of pyridine rings is 1. The second-order valence-corrected chi connectivity index (χ2v) is 6.14. The van der Waals surface area contributed by atoms with E-state index >= 15 is 0 Å². The zero-order valence-corrected chi connectivity index (χ0v) is 14.0. The molecule has 0 spiro atoms. The Morgan fingerprint density at radius 2 is 1.92 bits per heavy atom. The average molecular weight is 329 g/mol. The summed E-state index contributed by atoms with van der Waals surface area (Å²) in [5.41, 5.74) is 2.15. The van der Waals surface area contributed by atoms with Crippen LogP contribution in [0.15, 0.2) is 48.8 Å². The van der Waals surface area contributed by atoms with Gasteiger partial charge in [-0.25, -0.2) is 4.39 Å². The van der Waals surface area contributed by atoms with Gasteiger partial charge in [-0.3, -0.25) is 9.88 Å². The fourth-order valence-electron chi connectivity index (χ4n) is 3.09. The van der Waals surface area contributed by atoms with Gasteiger partial charge in [-0.1, -0.05) is 30.3 Å². The molecule has 5 heteroatoms. The smallest absolute Gasteiger partial charge is 0.141 e. The van der Waals surface area contributed by atoms with Gasteiger partial charge < -0.3 is 10.1 Å². The van der Waals surface area contributed by atoms with E-state index in [9.17, 15) is 4.39 Å². The number of halogens is 1.